The standard InChI is InChI=1S/C26H30ClNO6/c1-15(2)14-34-18-8-6-17(7-9-18)22-21(24(30)26(31)28(22)10-11-32-4)23(29)19-12-16(3)13-20(27)25(19)33-5/h6-9,12-13,15,22,29H,10-11,14H2,1-5H3/b23-21+. The molecule has 34 heavy (non-hydrogen) atoms. The lowest BCUT2D eigenvalue weighted by molar-refractivity contribution is -0.140. The van der Waals surface area contributed by atoms with E-state index in [1.165, 1.54) is 19.1 Å². The molecule has 1 aliphatic heterocycles. The molecule has 1 fully saturated rings. The lowest BCUT2D eigenvalue weighted by Gasteiger charge is -2.25. The lowest BCUT2D eigenvalue weighted by Crippen LogP contribution is -2.32. The molecule has 1 aliphatic rings. The molecule has 2 aromatic rings. The van der Waals surface area contributed by atoms with E-state index in [1.807, 2.05) is 6.92 Å². The molecule has 182 valence electrons. The Kier molecular flexibility index (Phi) is 8.23. The Bertz CT molecular complexity index is 1090. The third kappa shape index (κ3) is 5.21. The quantitative estimate of drug-likeness (QED) is 0.312. The smallest absolute Gasteiger partial charge is 0.295 e. The number of aliphatic hydroxyl groups excluding tert-OH is 1. The molecule has 2 aromatic carbocycles. The average Bonchev–Trinajstić information content (AvgIpc) is 3.05. The van der Waals surface area contributed by atoms with E-state index in [9.17, 15) is 14.7 Å². The van der Waals surface area contributed by atoms with Gasteiger partial charge in [-0.1, -0.05) is 37.6 Å². The van der Waals surface area contributed by atoms with E-state index in [0.717, 1.165) is 5.56 Å². The van der Waals surface area contributed by atoms with Gasteiger partial charge in [0.15, 0.2) is 0 Å². The number of likely N-dealkylation sites (tertiary alicyclic amines) is 1. The Hall–Kier alpha value is -3.03. The zero-order valence-electron chi connectivity index (χ0n) is 20.1. The monoisotopic (exact) mass is 487 g/mol. The Morgan fingerprint density at radius 1 is 1.15 bits per heavy atom. The Balaban J connectivity index is 2.14. The minimum absolute atomic E-state index is 0.0306. The van der Waals surface area contributed by atoms with Crippen molar-refractivity contribution in [1.29, 1.82) is 0 Å². The number of nitrogens with zero attached hydrogens (tertiary/aromatic N) is 1. The number of aliphatic hydroxyl groups is 1. The summed E-state index contributed by atoms with van der Waals surface area (Å²) >= 11 is 6.32. The number of ether oxygens (including phenoxy) is 3. The van der Waals surface area contributed by atoms with Crippen molar-refractivity contribution < 1.29 is 28.9 Å². The molecule has 3 rings (SSSR count). The molecule has 0 bridgehead atoms. The fraction of sp³-hybridized carbons (Fsp3) is 0.385. The number of methoxy groups -OCH3 is 2. The van der Waals surface area contributed by atoms with E-state index >= 15 is 0 Å². The second kappa shape index (κ2) is 10.9. The van der Waals surface area contributed by atoms with Gasteiger partial charge in [-0.05, 0) is 48.2 Å². The number of ketones is 1. The summed E-state index contributed by atoms with van der Waals surface area (Å²) in [4.78, 5) is 27.5. The van der Waals surface area contributed by atoms with Crippen molar-refractivity contribution in [2.75, 3.05) is 34.0 Å². The van der Waals surface area contributed by atoms with E-state index in [1.54, 1.807) is 36.4 Å². The lowest BCUT2D eigenvalue weighted by atomic mass is 9.94. The number of hydrogen-bond donors (Lipinski definition) is 1. The molecule has 0 aromatic heterocycles. The van der Waals surface area contributed by atoms with E-state index < -0.39 is 17.7 Å². The number of carbonyl (C=O) groups excluding carboxylic acids is 2. The van der Waals surface area contributed by atoms with Crippen LogP contribution in [0.2, 0.25) is 5.02 Å². The highest BCUT2D eigenvalue weighted by atomic mass is 35.5. The minimum atomic E-state index is -0.807. The van der Waals surface area contributed by atoms with Crippen molar-refractivity contribution in [3.8, 4) is 11.5 Å². The summed E-state index contributed by atoms with van der Waals surface area (Å²) in [7, 11) is 2.95. The maximum atomic E-state index is 13.1. The van der Waals surface area contributed by atoms with Gasteiger partial charge >= 0.3 is 0 Å². The fourth-order valence-electron chi connectivity index (χ4n) is 3.91. The van der Waals surface area contributed by atoms with Gasteiger partial charge < -0.3 is 24.2 Å². The molecular formula is C26H30ClNO6. The maximum Gasteiger partial charge on any atom is 0.295 e. The van der Waals surface area contributed by atoms with Crippen molar-refractivity contribution >= 4 is 29.1 Å². The summed E-state index contributed by atoms with van der Waals surface area (Å²) < 4.78 is 16.3. The van der Waals surface area contributed by atoms with Crippen molar-refractivity contribution in [1.82, 2.24) is 4.90 Å². The van der Waals surface area contributed by atoms with Crippen LogP contribution >= 0.6 is 11.6 Å². The first-order chi connectivity index (χ1) is 16.2. The SMILES string of the molecule is COCCN1C(=O)C(=O)/C(=C(/O)c2cc(C)cc(Cl)c2OC)C1c1ccc(OCC(C)C)cc1. The number of benzene rings is 2. The number of aryl methyl sites for hydroxylation is 1. The number of rotatable bonds is 9. The van der Waals surface area contributed by atoms with Crippen LogP contribution in [0.4, 0.5) is 0 Å². The highest BCUT2D eigenvalue weighted by Gasteiger charge is 2.46. The average molecular weight is 488 g/mol. The normalized spacial score (nSPS) is 17.5. The van der Waals surface area contributed by atoms with Gasteiger partial charge in [0.05, 0.1) is 42.5 Å². The Morgan fingerprint density at radius 2 is 1.82 bits per heavy atom. The molecule has 8 heteroatoms. The zero-order valence-corrected chi connectivity index (χ0v) is 20.8. The summed E-state index contributed by atoms with van der Waals surface area (Å²) in [5.41, 5.74) is 1.65. The summed E-state index contributed by atoms with van der Waals surface area (Å²) in [5.74, 6) is -0.551. The van der Waals surface area contributed by atoms with E-state index in [2.05, 4.69) is 13.8 Å². The van der Waals surface area contributed by atoms with Gasteiger partial charge in [0.25, 0.3) is 11.7 Å². The minimum Gasteiger partial charge on any atom is -0.507 e. The number of halogens is 1. The fourth-order valence-corrected chi connectivity index (χ4v) is 4.26. The second-order valence-electron chi connectivity index (χ2n) is 8.59. The Labute approximate surface area is 204 Å². The number of hydrogen-bond acceptors (Lipinski definition) is 6. The second-order valence-corrected chi connectivity index (χ2v) is 8.99. The van der Waals surface area contributed by atoms with E-state index in [-0.39, 0.29) is 35.8 Å². The predicted molar refractivity (Wildman–Crippen MR) is 130 cm³/mol. The highest BCUT2D eigenvalue weighted by molar-refractivity contribution is 6.46. The van der Waals surface area contributed by atoms with Crippen LogP contribution in [0.1, 0.15) is 36.6 Å². The molecule has 1 amide bonds. The first kappa shape index (κ1) is 25.6. The van der Waals surface area contributed by atoms with Crippen LogP contribution in [0.25, 0.3) is 5.76 Å². The van der Waals surface area contributed by atoms with Crippen LogP contribution in [0.3, 0.4) is 0 Å². The molecule has 1 atom stereocenters. The number of Topliss-reactive ketones (excluding diaryl/α,β-unsaturated/α-hetero) is 1. The molecule has 1 saturated heterocycles. The molecular weight excluding hydrogens is 458 g/mol. The molecule has 7 nitrogen and oxygen atoms in total. The van der Waals surface area contributed by atoms with Crippen LogP contribution in [0.5, 0.6) is 11.5 Å². The largest absolute Gasteiger partial charge is 0.507 e. The van der Waals surface area contributed by atoms with Crippen LogP contribution in [0, 0.1) is 12.8 Å². The van der Waals surface area contributed by atoms with Gasteiger partial charge in [0.1, 0.15) is 17.3 Å². The third-order valence-corrected chi connectivity index (χ3v) is 5.78. The predicted octanol–water partition coefficient (Wildman–Crippen LogP) is 4.76. The van der Waals surface area contributed by atoms with Gasteiger partial charge in [-0.3, -0.25) is 9.59 Å². The van der Waals surface area contributed by atoms with Crippen molar-refractivity contribution in [2.45, 2.75) is 26.8 Å². The van der Waals surface area contributed by atoms with Gasteiger partial charge in [0.2, 0.25) is 0 Å². The summed E-state index contributed by atoms with van der Waals surface area (Å²) in [6, 6.07) is 9.72. The van der Waals surface area contributed by atoms with Crippen molar-refractivity contribution in [3.63, 3.8) is 0 Å². The third-order valence-electron chi connectivity index (χ3n) is 5.50. The number of carbonyl (C=O) groups is 2. The van der Waals surface area contributed by atoms with Crippen LogP contribution in [-0.4, -0.2) is 55.7 Å². The van der Waals surface area contributed by atoms with Gasteiger partial charge in [-0.25, -0.2) is 0 Å². The molecule has 0 aliphatic carbocycles. The maximum absolute atomic E-state index is 13.1. The van der Waals surface area contributed by atoms with Crippen LogP contribution in [0.15, 0.2) is 42.0 Å². The topological polar surface area (TPSA) is 85.3 Å². The molecule has 1 N–H and O–H groups in total. The van der Waals surface area contributed by atoms with Crippen LogP contribution < -0.4 is 9.47 Å². The molecule has 0 saturated carbocycles. The van der Waals surface area contributed by atoms with Crippen molar-refractivity contribution in [3.05, 3.63) is 63.7 Å². The first-order valence-electron chi connectivity index (χ1n) is 11.0. The van der Waals surface area contributed by atoms with Gasteiger partial charge in [-0.2, -0.15) is 0 Å². The van der Waals surface area contributed by atoms with Crippen molar-refractivity contribution in [2.24, 2.45) is 5.92 Å². The Morgan fingerprint density at radius 3 is 2.41 bits per heavy atom. The molecule has 1 heterocycles. The number of amides is 1. The molecule has 0 radical (unpaired) electrons. The summed E-state index contributed by atoms with van der Waals surface area (Å²) in [6.07, 6.45) is 0. The molecule has 0 spiro atoms. The summed E-state index contributed by atoms with van der Waals surface area (Å²) in [5, 5.41) is 11.6. The van der Waals surface area contributed by atoms with E-state index in [0.29, 0.717) is 28.9 Å². The van der Waals surface area contributed by atoms with Gasteiger partial charge in [-0.15, -0.1) is 0 Å². The summed E-state index contributed by atoms with van der Waals surface area (Å²) in [6.45, 7) is 6.91. The zero-order chi connectivity index (χ0) is 25.0. The van der Waals surface area contributed by atoms with E-state index in [4.69, 9.17) is 25.8 Å². The molecule has 1 unspecified atom stereocenters. The highest BCUT2D eigenvalue weighted by Crippen LogP contribution is 2.42. The van der Waals surface area contributed by atoms with Gasteiger partial charge in [0, 0.05) is 13.7 Å². The van der Waals surface area contributed by atoms with Crippen LogP contribution in [-0.2, 0) is 14.3 Å². The first-order valence-corrected chi connectivity index (χ1v) is 11.4.